The van der Waals surface area contributed by atoms with E-state index in [1.54, 1.807) is 0 Å². The third-order valence-electron chi connectivity index (χ3n) is 2.41. The Morgan fingerprint density at radius 3 is 2.68 bits per heavy atom. The average Bonchev–Trinajstić information content (AvgIpc) is 2.92. The molecule has 0 radical (unpaired) electrons. The Labute approximate surface area is 105 Å². The normalized spacial score (nSPS) is 12.4. The Hall–Kier alpha value is -2.30. The molecule has 3 aromatic rings. The van der Waals surface area contributed by atoms with Crippen molar-refractivity contribution in [2.45, 2.75) is 6.18 Å². The van der Waals surface area contributed by atoms with Crippen molar-refractivity contribution in [3.8, 4) is 0 Å². The van der Waals surface area contributed by atoms with E-state index in [9.17, 15) is 23.3 Å². The van der Waals surface area contributed by atoms with Crippen LogP contribution in [-0.4, -0.2) is 23.6 Å². The number of halogens is 3. The Kier molecular flexibility index (Phi) is 2.23. The van der Waals surface area contributed by atoms with Crippen LogP contribution in [0.15, 0.2) is 6.07 Å². The smallest absolute Gasteiger partial charge is 0.291 e. The van der Waals surface area contributed by atoms with E-state index < -0.39 is 22.6 Å². The molecule has 2 heterocycles. The molecule has 0 atom stereocenters. The molecule has 1 aromatic carbocycles. The number of non-ortho nitro benzene ring substituents is 1. The van der Waals surface area contributed by atoms with Gasteiger partial charge in [0.1, 0.15) is 16.6 Å². The lowest BCUT2D eigenvalue weighted by atomic mass is 10.2. The molecule has 0 amide bonds. The Morgan fingerprint density at radius 1 is 1.32 bits per heavy atom. The van der Waals surface area contributed by atoms with Crippen molar-refractivity contribution in [3.63, 3.8) is 0 Å². The molecule has 98 valence electrons. The monoisotopic (exact) mass is 289 g/mol. The van der Waals surface area contributed by atoms with E-state index in [0.717, 1.165) is 17.8 Å². The second-order valence-corrected chi connectivity index (χ2v) is 4.14. The van der Waals surface area contributed by atoms with Crippen LogP contribution in [0.5, 0.6) is 0 Å². The molecule has 0 spiro atoms. The second-order valence-electron chi connectivity index (χ2n) is 3.57. The zero-order chi connectivity index (χ0) is 13.8. The van der Waals surface area contributed by atoms with Gasteiger partial charge in [-0.3, -0.25) is 14.5 Å². The van der Waals surface area contributed by atoms with Gasteiger partial charge in [-0.15, -0.1) is 0 Å². The van der Waals surface area contributed by atoms with Gasteiger partial charge < -0.3 is 0 Å². The van der Waals surface area contributed by atoms with Gasteiger partial charge in [-0.1, -0.05) is 0 Å². The number of aromatic amines is 1. The molecule has 1 N–H and O–H groups in total. The summed E-state index contributed by atoms with van der Waals surface area (Å²) in [5.74, 6) is -1.33. The number of nitro groups is 1. The highest BCUT2D eigenvalue weighted by molar-refractivity contribution is 7.00. The van der Waals surface area contributed by atoms with Crippen molar-refractivity contribution in [2.75, 3.05) is 0 Å². The van der Waals surface area contributed by atoms with E-state index in [0.29, 0.717) is 0 Å². The number of hydrogen-bond donors (Lipinski definition) is 1. The molecule has 0 saturated heterocycles. The maximum atomic E-state index is 12.5. The molecule has 0 fully saturated rings. The Balaban J connectivity index is 2.42. The Morgan fingerprint density at radius 2 is 2.05 bits per heavy atom. The van der Waals surface area contributed by atoms with Crippen molar-refractivity contribution in [2.24, 2.45) is 0 Å². The summed E-state index contributed by atoms with van der Waals surface area (Å²) in [5.41, 5.74) is -0.633. The molecule has 0 bridgehead atoms. The number of rotatable bonds is 1. The first-order valence-corrected chi connectivity index (χ1v) is 5.51. The minimum absolute atomic E-state index is 0.0314. The highest BCUT2D eigenvalue weighted by Crippen LogP contribution is 2.34. The third kappa shape index (κ3) is 1.69. The number of nitro benzene ring substituents is 1. The lowest BCUT2D eigenvalue weighted by Gasteiger charge is -1.97. The van der Waals surface area contributed by atoms with Gasteiger partial charge in [-0.2, -0.15) is 17.5 Å². The number of fused-ring (bicyclic) bond motifs is 3. The van der Waals surface area contributed by atoms with Gasteiger partial charge in [0.25, 0.3) is 5.69 Å². The van der Waals surface area contributed by atoms with Crippen molar-refractivity contribution in [3.05, 3.63) is 22.0 Å². The summed E-state index contributed by atoms with van der Waals surface area (Å²) < 4.78 is 43.9. The van der Waals surface area contributed by atoms with Crippen LogP contribution in [0.2, 0.25) is 0 Å². The van der Waals surface area contributed by atoms with E-state index in [4.69, 9.17) is 0 Å². The molecule has 0 saturated carbocycles. The van der Waals surface area contributed by atoms with Crippen molar-refractivity contribution >= 4 is 39.5 Å². The number of aromatic nitrogens is 4. The van der Waals surface area contributed by atoms with E-state index >= 15 is 0 Å². The van der Waals surface area contributed by atoms with Crippen LogP contribution in [0.3, 0.4) is 0 Å². The van der Waals surface area contributed by atoms with E-state index in [1.807, 2.05) is 0 Å². The predicted octanol–water partition coefficient (Wildman–Crippen LogP) is 2.49. The molecule has 3 rings (SSSR count). The molecular formula is C8H2F3N5O2S. The summed E-state index contributed by atoms with van der Waals surface area (Å²) in [6.45, 7) is 0. The van der Waals surface area contributed by atoms with Crippen LogP contribution in [0.4, 0.5) is 18.9 Å². The SMILES string of the molecule is O=[N+]([O-])c1cc2nc(C(F)(F)F)nc2c2[nH]snc12. The van der Waals surface area contributed by atoms with E-state index in [2.05, 4.69) is 18.7 Å². The summed E-state index contributed by atoms with van der Waals surface area (Å²) >= 11 is 0.788. The highest BCUT2D eigenvalue weighted by Gasteiger charge is 2.36. The van der Waals surface area contributed by atoms with Crippen LogP contribution >= 0.6 is 11.7 Å². The molecule has 0 aliphatic carbocycles. The van der Waals surface area contributed by atoms with Gasteiger partial charge in [0, 0.05) is 17.8 Å². The lowest BCUT2D eigenvalue weighted by Crippen LogP contribution is -2.06. The molecule has 2 aromatic heterocycles. The molecule has 0 unspecified atom stereocenters. The van der Waals surface area contributed by atoms with Crippen molar-refractivity contribution in [1.82, 2.24) is 18.7 Å². The van der Waals surface area contributed by atoms with Crippen LogP contribution in [0, 0.1) is 10.1 Å². The fourth-order valence-corrected chi connectivity index (χ4v) is 2.25. The topological polar surface area (TPSA) is 97.6 Å². The summed E-state index contributed by atoms with van der Waals surface area (Å²) in [4.78, 5) is 16.8. The minimum Gasteiger partial charge on any atom is -0.291 e. The van der Waals surface area contributed by atoms with Crippen molar-refractivity contribution in [1.29, 1.82) is 0 Å². The summed E-state index contributed by atoms with van der Waals surface area (Å²) in [5, 5.41) is 10.8. The largest absolute Gasteiger partial charge is 0.451 e. The van der Waals surface area contributed by atoms with E-state index in [-0.39, 0.29) is 22.1 Å². The number of H-pyrrole nitrogens is 1. The second kappa shape index (κ2) is 3.60. The summed E-state index contributed by atoms with van der Waals surface area (Å²) in [6.07, 6.45) is -4.70. The van der Waals surface area contributed by atoms with Gasteiger partial charge in [0.2, 0.25) is 5.82 Å². The first kappa shape index (κ1) is 11.8. The maximum Gasteiger partial charge on any atom is 0.451 e. The van der Waals surface area contributed by atoms with Crippen LogP contribution in [0.1, 0.15) is 5.82 Å². The molecule has 19 heavy (non-hydrogen) atoms. The third-order valence-corrected chi connectivity index (χ3v) is 2.98. The lowest BCUT2D eigenvalue weighted by molar-refractivity contribution is -0.383. The van der Waals surface area contributed by atoms with Gasteiger partial charge in [0.05, 0.1) is 4.92 Å². The van der Waals surface area contributed by atoms with Gasteiger partial charge >= 0.3 is 6.18 Å². The highest BCUT2D eigenvalue weighted by atomic mass is 32.1. The zero-order valence-corrected chi connectivity index (χ0v) is 9.54. The number of nitrogens with zero attached hydrogens (tertiary/aromatic N) is 4. The maximum absolute atomic E-state index is 12.5. The first-order valence-electron chi connectivity index (χ1n) is 4.74. The number of imidazole rings is 1. The summed E-state index contributed by atoms with van der Waals surface area (Å²) in [6, 6.07) is 0.938. The first-order chi connectivity index (χ1) is 8.88. The number of nitrogens with one attached hydrogen (secondary N) is 1. The fraction of sp³-hybridized carbons (Fsp3) is 0.125. The van der Waals surface area contributed by atoms with Gasteiger partial charge in [0.15, 0.2) is 5.52 Å². The number of alkyl halides is 3. The fourth-order valence-electron chi connectivity index (χ4n) is 1.65. The van der Waals surface area contributed by atoms with Crippen LogP contribution < -0.4 is 0 Å². The standard InChI is InChI=1S/C8H2F3N5O2S/c9-8(10,11)7-12-2-1-3(16(17)18)5-6(4(2)13-7)15-19-14-5/h1,15H. The average molecular weight is 289 g/mol. The zero-order valence-electron chi connectivity index (χ0n) is 8.72. The predicted molar refractivity (Wildman–Crippen MR) is 58.7 cm³/mol. The van der Waals surface area contributed by atoms with Crippen molar-refractivity contribution < 1.29 is 18.1 Å². The van der Waals surface area contributed by atoms with Crippen LogP contribution in [-0.2, 0) is 6.18 Å². The molecule has 11 heteroatoms. The molecule has 0 aliphatic rings. The quantitative estimate of drug-likeness (QED) is 0.548. The number of hydrogen-bond acceptors (Lipinski definition) is 6. The van der Waals surface area contributed by atoms with E-state index in [1.165, 1.54) is 0 Å². The summed E-state index contributed by atoms with van der Waals surface area (Å²) in [7, 11) is 0. The van der Waals surface area contributed by atoms with Gasteiger partial charge in [-0.25, -0.2) is 9.97 Å². The Bertz CT molecular complexity index is 808. The van der Waals surface area contributed by atoms with Gasteiger partial charge in [-0.05, 0) is 0 Å². The molecule has 7 nitrogen and oxygen atoms in total. The van der Waals surface area contributed by atoms with Crippen LogP contribution in [0.25, 0.3) is 22.1 Å². The molecular weight excluding hydrogens is 287 g/mol. The molecule has 0 aliphatic heterocycles. The number of benzene rings is 1. The minimum atomic E-state index is -4.70.